The van der Waals surface area contributed by atoms with Crippen molar-refractivity contribution in [3.05, 3.63) is 127 Å². The Balaban J connectivity index is 1.54. The van der Waals surface area contributed by atoms with Gasteiger partial charge in [-0.2, -0.15) is 0 Å². The number of nitrogens with zero attached hydrogens (tertiary/aromatic N) is 3. The number of ether oxygens (including phenoxy) is 3. The molecule has 1 aliphatic rings. The van der Waals surface area contributed by atoms with Gasteiger partial charge in [-0.05, 0) is 107 Å². The van der Waals surface area contributed by atoms with Crippen molar-refractivity contribution in [2.45, 2.75) is 46.4 Å². The fraction of sp³-hybridized carbons (Fsp3) is 0.242. The predicted octanol–water partition coefficient (Wildman–Crippen LogP) is 6.60. The van der Waals surface area contributed by atoms with Crippen molar-refractivity contribution < 1.29 is 23.9 Å². The van der Waals surface area contributed by atoms with Gasteiger partial charge in [0.25, 0.3) is 11.2 Å². The maximum absolute atomic E-state index is 14.1. The first-order chi connectivity index (χ1) is 22.0. The third-order valence-electron chi connectivity index (χ3n) is 6.94. The molecule has 2 heterocycles. The van der Waals surface area contributed by atoms with Gasteiger partial charge in [0.05, 0.1) is 42.4 Å². The Bertz CT molecular complexity index is 2010. The molecule has 5 rings (SSSR count). The number of allylic oxidation sites excluding steroid dienone is 1. The van der Waals surface area contributed by atoms with Gasteiger partial charge in [0, 0.05) is 17.7 Å². The molecule has 0 saturated heterocycles. The number of para-hydroxylation sites is 1. The van der Waals surface area contributed by atoms with E-state index < -0.39 is 16.9 Å². The lowest BCUT2D eigenvalue weighted by Gasteiger charge is -2.26. The number of fused-ring (bicyclic) bond motifs is 1. The largest absolute Gasteiger partial charge is 0.491 e. The van der Waals surface area contributed by atoms with Crippen LogP contribution in [0.3, 0.4) is 0 Å². The number of thiazole rings is 1. The number of halogens is 2. The second-order valence-corrected chi connectivity index (χ2v) is 13.3. The van der Waals surface area contributed by atoms with E-state index in [9.17, 15) is 19.7 Å². The van der Waals surface area contributed by atoms with Crippen molar-refractivity contribution in [1.82, 2.24) is 4.57 Å². The zero-order valence-corrected chi connectivity index (χ0v) is 29.3. The molecule has 3 aromatic carbocycles. The van der Waals surface area contributed by atoms with E-state index in [1.54, 1.807) is 32.1 Å². The summed E-state index contributed by atoms with van der Waals surface area (Å²) >= 11 is 8.36. The van der Waals surface area contributed by atoms with E-state index in [0.717, 1.165) is 5.56 Å². The van der Waals surface area contributed by atoms with Crippen molar-refractivity contribution in [1.29, 1.82) is 0 Å². The number of carbonyl (C=O) groups is 1. The van der Waals surface area contributed by atoms with E-state index >= 15 is 0 Å². The molecule has 0 saturated carbocycles. The SMILES string of the molecule is CCOC(=O)C1=C(C)N=c2s/c(=C/c3cc(Br)c(OCc4ccc([N+](=O)[O-])cc4)c(Br)c3)c(=O)n2[C@H]1c1ccccc1OC(C)C. The number of carbonyl (C=O) groups excluding carboxylic acids is 1. The van der Waals surface area contributed by atoms with Crippen molar-refractivity contribution in [2.75, 3.05) is 6.61 Å². The zero-order valence-electron chi connectivity index (χ0n) is 25.3. The lowest BCUT2D eigenvalue weighted by atomic mass is 9.95. The normalized spacial score (nSPS) is 14.6. The maximum atomic E-state index is 14.1. The monoisotopic (exact) mass is 769 g/mol. The van der Waals surface area contributed by atoms with E-state index in [-0.39, 0.29) is 36.1 Å². The van der Waals surface area contributed by atoms with Gasteiger partial charge < -0.3 is 14.2 Å². The van der Waals surface area contributed by atoms with Crippen LogP contribution in [0.4, 0.5) is 5.69 Å². The molecule has 0 fully saturated rings. The number of hydrogen-bond acceptors (Lipinski definition) is 9. The summed E-state index contributed by atoms with van der Waals surface area (Å²) < 4.78 is 20.8. The lowest BCUT2D eigenvalue weighted by Crippen LogP contribution is -2.40. The Morgan fingerprint density at radius 3 is 2.43 bits per heavy atom. The molecule has 10 nitrogen and oxygen atoms in total. The Morgan fingerprint density at radius 1 is 1.13 bits per heavy atom. The third kappa shape index (κ3) is 7.01. The first-order valence-corrected chi connectivity index (χ1v) is 16.7. The summed E-state index contributed by atoms with van der Waals surface area (Å²) in [5.41, 5.74) is 2.58. The highest BCUT2D eigenvalue weighted by molar-refractivity contribution is 9.11. The van der Waals surface area contributed by atoms with E-state index in [1.807, 2.05) is 50.2 Å². The first-order valence-electron chi connectivity index (χ1n) is 14.3. The van der Waals surface area contributed by atoms with Crippen LogP contribution < -0.4 is 24.4 Å². The molecular weight excluding hydrogens is 742 g/mol. The van der Waals surface area contributed by atoms with Gasteiger partial charge in [-0.1, -0.05) is 29.5 Å². The molecule has 238 valence electrons. The van der Waals surface area contributed by atoms with Crippen LogP contribution >= 0.6 is 43.2 Å². The van der Waals surface area contributed by atoms with E-state index in [4.69, 9.17) is 14.2 Å². The summed E-state index contributed by atoms with van der Waals surface area (Å²) in [6.07, 6.45) is 1.63. The minimum absolute atomic E-state index is 0.00689. The van der Waals surface area contributed by atoms with E-state index in [0.29, 0.717) is 46.6 Å². The third-order valence-corrected chi connectivity index (χ3v) is 9.10. The topological polar surface area (TPSA) is 122 Å². The van der Waals surface area contributed by atoms with Gasteiger partial charge >= 0.3 is 5.97 Å². The number of esters is 1. The molecule has 1 aromatic heterocycles. The van der Waals surface area contributed by atoms with Gasteiger partial charge in [0.1, 0.15) is 24.1 Å². The summed E-state index contributed by atoms with van der Waals surface area (Å²) in [6, 6.07) is 16.4. The number of aromatic nitrogens is 1. The first kappa shape index (κ1) is 33.3. The highest BCUT2D eigenvalue weighted by Gasteiger charge is 2.35. The van der Waals surface area contributed by atoms with Crippen LogP contribution in [-0.4, -0.2) is 28.2 Å². The smallest absolute Gasteiger partial charge is 0.338 e. The van der Waals surface area contributed by atoms with E-state index in [2.05, 4.69) is 36.9 Å². The van der Waals surface area contributed by atoms with Crippen LogP contribution in [0.2, 0.25) is 0 Å². The van der Waals surface area contributed by atoms with Crippen LogP contribution in [-0.2, 0) is 16.1 Å². The molecule has 0 aliphatic carbocycles. The molecule has 0 spiro atoms. The fourth-order valence-corrected chi connectivity index (χ4v) is 7.47. The minimum Gasteiger partial charge on any atom is -0.491 e. The maximum Gasteiger partial charge on any atom is 0.338 e. The summed E-state index contributed by atoms with van der Waals surface area (Å²) in [4.78, 5) is 43.0. The van der Waals surface area contributed by atoms with Crippen LogP contribution in [0, 0.1) is 10.1 Å². The van der Waals surface area contributed by atoms with Crippen molar-refractivity contribution >= 4 is 60.9 Å². The van der Waals surface area contributed by atoms with Gasteiger partial charge in [-0.15, -0.1) is 0 Å². The number of non-ortho nitro benzene ring substituents is 1. The number of benzene rings is 3. The van der Waals surface area contributed by atoms with E-state index in [1.165, 1.54) is 28.0 Å². The molecule has 4 aromatic rings. The summed E-state index contributed by atoms with van der Waals surface area (Å²) in [6.45, 7) is 7.67. The van der Waals surface area contributed by atoms with Crippen LogP contribution in [0.5, 0.6) is 11.5 Å². The molecule has 46 heavy (non-hydrogen) atoms. The molecular formula is C33H29Br2N3O7S. The quantitative estimate of drug-likeness (QED) is 0.101. The molecule has 0 N–H and O–H groups in total. The Kier molecular flexibility index (Phi) is 10.2. The number of hydrogen-bond donors (Lipinski definition) is 0. The highest BCUT2D eigenvalue weighted by atomic mass is 79.9. The molecule has 0 radical (unpaired) electrons. The number of rotatable bonds is 10. The van der Waals surface area contributed by atoms with Crippen LogP contribution in [0.1, 0.15) is 50.4 Å². The Labute approximate surface area is 285 Å². The molecule has 13 heteroatoms. The highest BCUT2D eigenvalue weighted by Crippen LogP contribution is 2.37. The number of nitro benzene ring substituents is 1. The molecule has 1 aliphatic heterocycles. The summed E-state index contributed by atoms with van der Waals surface area (Å²) in [5, 5.41) is 10.9. The molecule has 0 amide bonds. The second kappa shape index (κ2) is 14.1. The van der Waals surface area contributed by atoms with Crippen LogP contribution in [0.25, 0.3) is 6.08 Å². The lowest BCUT2D eigenvalue weighted by molar-refractivity contribution is -0.384. The summed E-state index contributed by atoms with van der Waals surface area (Å²) in [5.74, 6) is 0.554. The van der Waals surface area contributed by atoms with Gasteiger partial charge in [0.15, 0.2) is 4.80 Å². The molecule has 0 unspecified atom stereocenters. The fourth-order valence-electron chi connectivity index (χ4n) is 4.97. The van der Waals surface area contributed by atoms with Gasteiger partial charge in [-0.25, -0.2) is 9.79 Å². The summed E-state index contributed by atoms with van der Waals surface area (Å²) in [7, 11) is 0. The zero-order chi connectivity index (χ0) is 33.1. The molecule has 0 bridgehead atoms. The van der Waals surface area contributed by atoms with Crippen molar-refractivity contribution in [3.8, 4) is 11.5 Å². The predicted molar refractivity (Wildman–Crippen MR) is 182 cm³/mol. The standard InChI is InChI=1S/C33H29Br2N3O7S/c1-5-43-32(40)28-19(4)36-33-37(29(28)23-8-6-7-9-26(23)45-18(2)3)31(39)27(46-33)16-21-14-24(34)30(25(35)15-21)44-17-20-10-12-22(13-11-20)38(41)42/h6-16,18,29H,5,17H2,1-4H3/b27-16+/t29-/m0/s1. The average Bonchev–Trinajstić information content (AvgIpc) is 3.30. The second-order valence-electron chi connectivity index (χ2n) is 10.5. The minimum atomic E-state index is -0.805. The Morgan fingerprint density at radius 2 is 1.80 bits per heavy atom. The van der Waals surface area contributed by atoms with Crippen molar-refractivity contribution in [2.24, 2.45) is 4.99 Å². The Hall–Kier alpha value is -4.07. The van der Waals surface area contributed by atoms with Gasteiger partial charge in [-0.3, -0.25) is 19.5 Å². The van der Waals surface area contributed by atoms with Crippen molar-refractivity contribution in [3.63, 3.8) is 0 Å². The average molecular weight is 771 g/mol. The van der Waals surface area contributed by atoms with Crippen LogP contribution in [0.15, 0.2) is 90.7 Å². The number of nitro groups is 1. The molecule has 1 atom stereocenters. The van der Waals surface area contributed by atoms with Gasteiger partial charge in [0.2, 0.25) is 0 Å².